The van der Waals surface area contributed by atoms with Gasteiger partial charge >= 0.3 is 0 Å². The van der Waals surface area contributed by atoms with Crippen LogP contribution in [0, 0.1) is 6.92 Å². The van der Waals surface area contributed by atoms with Crippen LogP contribution in [-0.2, 0) is 6.54 Å². The second-order valence-electron chi connectivity index (χ2n) is 3.00. The number of hydrogen-bond acceptors (Lipinski definition) is 4. The number of anilines is 1. The highest BCUT2D eigenvalue weighted by molar-refractivity contribution is 5.38. The fourth-order valence-corrected chi connectivity index (χ4v) is 1.06. The summed E-state index contributed by atoms with van der Waals surface area (Å²) in [5.74, 6) is 1.64. The third kappa shape index (κ3) is 2.39. The molecule has 4 nitrogen and oxygen atoms in total. The van der Waals surface area contributed by atoms with Crippen LogP contribution in [0.2, 0.25) is 0 Å². The van der Waals surface area contributed by atoms with Crippen LogP contribution >= 0.6 is 0 Å². The van der Waals surface area contributed by atoms with E-state index in [1.54, 1.807) is 0 Å². The number of aromatic nitrogens is 2. The first-order valence-corrected chi connectivity index (χ1v) is 4.43. The Kier molecular flexibility index (Phi) is 3.19. The molecular weight excluding hydrogens is 164 g/mol. The van der Waals surface area contributed by atoms with Crippen molar-refractivity contribution in [1.29, 1.82) is 0 Å². The summed E-state index contributed by atoms with van der Waals surface area (Å²) in [6, 6.07) is 1.96. The van der Waals surface area contributed by atoms with Gasteiger partial charge in [-0.25, -0.2) is 9.97 Å². The predicted octanol–water partition coefficient (Wildman–Crippen LogP) is 0.700. The summed E-state index contributed by atoms with van der Waals surface area (Å²) < 4.78 is 0. The highest BCUT2D eigenvalue weighted by Gasteiger charge is 2.03. The number of aryl methyl sites for hydroxylation is 1. The highest BCUT2D eigenvalue weighted by atomic mass is 15.2. The predicted molar refractivity (Wildman–Crippen MR) is 53.6 cm³/mol. The van der Waals surface area contributed by atoms with E-state index in [0.29, 0.717) is 12.4 Å². The first-order chi connectivity index (χ1) is 6.17. The molecular formula is C9H16N4. The molecule has 0 aromatic carbocycles. The van der Waals surface area contributed by atoms with E-state index in [0.717, 1.165) is 18.1 Å². The third-order valence-corrected chi connectivity index (χ3v) is 1.94. The van der Waals surface area contributed by atoms with Crippen LogP contribution in [0.4, 0.5) is 5.82 Å². The minimum atomic E-state index is 0.395. The smallest absolute Gasteiger partial charge is 0.144 e. The van der Waals surface area contributed by atoms with E-state index >= 15 is 0 Å². The molecule has 0 unspecified atom stereocenters. The maximum atomic E-state index is 5.49. The Bertz CT molecular complexity index is 285. The number of nitrogens with two attached hydrogens (primary N) is 1. The molecule has 1 aromatic heterocycles. The lowest BCUT2D eigenvalue weighted by Crippen LogP contribution is -2.19. The van der Waals surface area contributed by atoms with Crippen LogP contribution < -0.4 is 10.6 Å². The quantitative estimate of drug-likeness (QED) is 0.744. The molecule has 0 amide bonds. The fourth-order valence-electron chi connectivity index (χ4n) is 1.06. The molecule has 0 spiro atoms. The topological polar surface area (TPSA) is 55.0 Å². The summed E-state index contributed by atoms with van der Waals surface area (Å²) in [5, 5.41) is 0. The van der Waals surface area contributed by atoms with Gasteiger partial charge in [-0.1, -0.05) is 0 Å². The van der Waals surface area contributed by atoms with Gasteiger partial charge in [0.1, 0.15) is 11.6 Å². The zero-order valence-electron chi connectivity index (χ0n) is 8.41. The molecule has 1 rings (SSSR count). The van der Waals surface area contributed by atoms with Crippen molar-refractivity contribution < 1.29 is 0 Å². The van der Waals surface area contributed by atoms with E-state index < -0.39 is 0 Å². The van der Waals surface area contributed by atoms with Gasteiger partial charge in [-0.05, 0) is 13.8 Å². The SMILES string of the molecule is CCN(C)c1cc(C)nc(CN)n1. The van der Waals surface area contributed by atoms with Gasteiger partial charge in [0.05, 0.1) is 6.54 Å². The highest BCUT2D eigenvalue weighted by Crippen LogP contribution is 2.09. The molecule has 4 heteroatoms. The molecule has 0 aliphatic carbocycles. The van der Waals surface area contributed by atoms with Crippen molar-refractivity contribution in [2.24, 2.45) is 5.73 Å². The van der Waals surface area contributed by atoms with E-state index in [9.17, 15) is 0 Å². The largest absolute Gasteiger partial charge is 0.360 e. The Labute approximate surface area is 78.8 Å². The molecule has 0 aliphatic heterocycles. The molecule has 13 heavy (non-hydrogen) atoms. The summed E-state index contributed by atoms with van der Waals surface area (Å²) in [7, 11) is 2.00. The van der Waals surface area contributed by atoms with Crippen LogP contribution in [0.5, 0.6) is 0 Å². The lowest BCUT2D eigenvalue weighted by molar-refractivity contribution is 0.854. The van der Waals surface area contributed by atoms with Gasteiger partial charge in [-0.2, -0.15) is 0 Å². The summed E-state index contributed by atoms with van der Waals surface area (Å²) in [6.07, 6.45) is 0. The first kappa shape index (κ1) is 9.92. The van der Waals surface area contributed by atoms with Crippen molar-refractivity contribution in [3.63, 3.8) is 0 Å². The van der Waals surface area contributed by atoms with Gasteiger partial charge in [-0.15, -0.1) is 0 Å². The monoisotopic (exact) mass is 180 g/mol. The normalized spacial score (nSPS) is 10.2. The maximum absolute atomic E-state index is 5.49. The average molecular weight is 180 g/mol. The molecule has 1 heterocycles. The van der Waals surface area contributed by atoms with Gasteiger partial charge in [0.15, 0.2) is 0 Å². The first-order valence-electron chi connectivity index (χ1n) is 4.43. The Hall–Kier alpha value is -1.16. The summed E-state index contributed by atoms with van der Waals surface area (Å²) in [6.45, 7) is 5.36. The number of rotatable bonds is 3. The van der Waals surface area contributed by atoms with Crippen LogP contribution in [-0.4, -0.2) is 23.6 Å². The van der Waals surface area contributed by atoms with Crippen molar-refractivity contribution >= 4 is 5.82 Å². The minimum Gasteiger partial charge on any atom is -0.360 e. The molecule has 2 N–H and O–H groups in total. The molecule has 72 valence electrons. The molecule has 0 radical (unpaired) electrons. The Balaban J connectivity index is 3.01. The molecule has 1 aromatic rings. The molecule has 0 aliphatic rings. The van der Waals surface area contributed by atoms with Gasteiger partial charge in [0.25, 0.3) is 0 Å². The van der Waals surface area contributed by atoms with Crippen molar-refractivity contribution in [1.82, 2.24) is 9.97 Å². The molecule has 0 fully saturated rings. The van der Waals surface area contributed by atoms with Crippen LogP contribution in [0.1, 0.15) is 18.4 Å². The number of hydrogen-bond donors (Lipinski definition) is 1. The van der Waals surface area contributed by atoms with Gasteiger partial charge in [0, 0.05) is 25.4 Å². The zero-order valence-corrected chi connectivity index (χ0v) is 8.41. The second-order valence-corrected chi connectivity index (χ2v) is 3.00. The molecule has 0 saturated heterocycles. The van der Waals surface area contributed by atoms with E-state index in [1.807, 2.05) is 20.0 Å². The van der Waals surface area contributed by atoms with E-state index in [-0.39, 0.29) is 0 Å². The van der Waals surface area contributed by atoms with E-state index in [4.69, 9.17) is 5.73 Å². The van der Waals surface area contributed by atoms with Crippen molar-refractivity contribution in [2.45, 2.75) is 20.4 Å². The fraction of sp³-hybridized carbons (Fsp3) is 0.556. The van der Waals surface area contributed by atoms with Gasteiger partial charge < -0.3 is 10.6 Å². The average Bonchev–Trinajstić information content (AvgIpc) is 2.15. The van der Waals surface area contributed by atoms with E-state index in [1.165, 1.54) is 0 Å². The van der Waals surface area contributed by atoms with E-state index in [2.05, 4.69) is 21.8 Å². The molecule has 0 saturated carbocycles. The number of nitrogens with zero attached hydrogens (tertiary/aromatic N) is 3. The third-order valence-electron chi connectivity index (χ3n) is 1.94. The van der Waals surface area contributed by atoms with Crippen LogP contribution in [0.3, 0.4) is 0 Å². The summed E-state index contributed by atoms with van der Waals surface area (Å²) >= 11 is 0. The van der Waals surface area contributed by atoms with Gasteiger partial charge in [-0.3, -0.25) is 0 Å². The lowest BCUT2D eigenvalue weighted by atomic mass is 10.4. The Morgan fingerprint density at radius 3 is 2.69 bits per heavy atom. The van der Waals surface area contributed by atoms with Crippen LogP contribution in [0.15, 0.2) is 6.07 Å². The van der Waals surface area contributed by atoms with Crippen LogP contribution in [0.25, 0.3) is 0 Å². The molecule has 0 bridgehead atoms. The maximum Gasteiger partial charge on any atom is 0.144 e. The summed E-state index contributed by atoms with van der Waals surface area (Å²) in [5.41, 5.74) is 6.45. The Morgan fingerprint density at radius 1 is 1.46 bits per heavy atom. The standard InChI is InChI=1S/C9H16N4/c1-4-13(3)9-5-7(2)11-8(6-10)12-9/h5H,4,6,10H2,1-3H3. The van der Waals surface area contributed by atoms with Crippen molar-refractivity contribution in [2.75, 3.05) is 18.5 Å². The summed E-state index contributed by atoms with van der Waals surface area (Å²) in [4.78, 5) is 10.6. The Morgan fingerprint density at radius 2 is 2.15 bits per heavy atom. The van der Waals surface area contributed by atoms with Crippen molar-refractivity contribution in [3.05, 3.63) is 17.6 Å². The second kappa shape index (κ2) is 4.18. The zero-order chi connectivity index (χ0) is 9.84. The molecule has 0 atom stereocenters. The minimum absolute atomic E-state index is 0.395. The lowest BCUT2D eigenvalue weighted by Gasteiger charge is -2.16. The van der Waals surface area contributed by atoms with Gasteiger partial charge in [0.2, 0.25) is 0 Å². The van der Waals surface area contributed by atoms with Crippen molar-refractivity contribution in [3.8, 4) is 0 Å².